The van der Waals surface area contributed by atoms with Gasteiger partial charge in [-0.25, -0.2) is 0 Å². The molecule has 0 spiro atoms. The Morgan fingerprint density at radius 3 is 2.72 bits per heavy atom. The van der Waals surface area contributed by atoms with Gasteiger partial charge in [0, 0.05) is 11.8 Å². The van der Waals surface area contributed by atoms with Crippen LogP contribution in [0.3, 0.4) is 0 Å². The zero-order valence-electron chi connectivity index (χ0n) is 15.0. The number of rotatable bonds is 7. The molecule has 1 atom stereocenters. The molecule has 6 nitrogen and oxygen atoms in total. The number of nitrogens with one attached hydrogen (secondary N) is 1. The lowest BCUT2D eigenvalue weighted by atomic mass is 9.96. The second kappa shape index (κ2) is 8.34. The van der Waals surface area contributed by atoms with Crippen LogP contribution in [0.4, 0.5) is 0 Å². The third-order valence-corrected chi connectivity index (χ3v) is 3.82. The minimum Gasteiger partial charge on any atom is -0.492 e. The first-order chi connectivity index (χ1) is 11.8. The molecule has 0 bridgehead atoms. The normalized spacial score (nSPS) is 12.7. The van der Waals surface area contributed by atoms with Crippen molar-refractivity contribution < 1.29 is 14.1 Å². The topological polar surface area (TPSA) is 77.2 Å². The van der Waals surface area contributed by atoms with Crippen LogP contribution in [0.25, 0.3) is 0 Å². The van der Waals surface area contributed by atoms with E-state index in [0.29, 0.717) is 41.9 Å². The number of hydrogen-bond donors (Lipinski definition) is 1. The standard InChI is InChI=1S/C18H24ClN3O3/c1-12(16-21-17(22-25-16)18(2,3)4)20-15(23)10-7-11-24-14-9-6-5-8-13(14)19/h5-6,8-9,12H,7,10-11H2,1-4H3,(H,20,23)/t12-/m0/s1. The quantitative estimate of drug-likeness (QED) is 0.749. The summed E-state index contributed by atoms with van der Waals surface area (Å²) in [5, 5.41) is 7.38. The van der Waals surface area contributed by atoms with Crippen molar-refractivity contribution >= 4 is 17.5 Å². The van der Waals surface area contributed by atoms with Crippen molar-refractivity contribution in [2.45, 2.75) is 52.0 Å². The van der Waals surface area contributed by atoms with Crippen LogP contribution < -0.4 is 10.1 Å². The highest BCUT2D eigenvalue weighted by Crippen LogP contribution is 2.23. The molecule has 2 aromatic rings. The van der Waals surface area contributed by atoms with E-state index in [1.54, 1.807) is 12.1 Å². The molecule has 0 fully saturated rings. The molecule has 2 rings (SSSR count). The fourth-order valence-electron chi connectivity index (χ4n) is 2.07. The van der Waals surface area contributed by atoms with Gasteiger partial charge >= 0.3 is 0 Å². The Labute approximate surface area is 152 Å². The summed E-state index contributed by atoms with van der Waals surface area (Å²) in [5.74, 6) is 1.56. The number of amides is 1. The predicted molar refractivity (Wildman–Crippen MR) is 95.7 cm³/mol. The summed E-state index contributed by atoms with van der Waals surface area (Å²) >= 11 is 6.01. The second-order valence-electron chi connectivity index (χ2n) is 6.88. The molecule has 1 aromatic carbocycles. The summed E-state index contributed by atoms with van der Waals surface area (Å²) in [4.78, 5) is 16.4. The monoisotopic (exact) mass is 365 g/mol. The zero-order chi connectivity index (χ0) is 18.4. The average molecular weight is 366 g/mol. The van der Waals surface area contributed by atoms with Crippen LogP contribution in [0.1, 0.15) is 58.3 Å². The maximum Gasteiger partial charge on any atom is 0.248 e. The van der Waals surface area contributed by atoms with Crippen LogP contribution >= 0.6 is 11.6 Å². The van der Waals surface area contributed by atoms with Gasteiger partial charge in [-0.1, -0.05) is 49.7 Å². The van der Waals surface area contributed by atoms with E-state index < -0.39 is 0 Å². The van der Waals surface area contributed by atoms with Crippen molar-refractivity contribution in [2.75, 3.05) is 6.61 Å². The molecule has 0 saturated heterocycles. The van der Waals surface area contributed by atoms with Crippen LogP contribution in [0.2, 0.25) is 5.02 Å². The fraction of sp³-hybridized carbons (Fsp3) is 0.500. The van der Waals surface area contributed by atoms with Crippen molar-refractivity contribution in [3.8, 4) is 5.75 Å². The molecule has 0 radical (unpaired) electrons. The summed E-state index contributed by atoms with van der Waals surface area (Å²) < 4.78 is 10.8. The van der Waals surface area contributed by atoms with Crippen LogP contribution in [0.5, 0.6) is 5.75 Å². The summed E-state index contributed by atoms with van der Waals surface area (Å²) in [6.45, 7) is 8.25. The van der Waals surface area contributed by atoms with Gasteiger partial charge in [-0.2, -0.15) is 4.98 Å². The molecule has 0 aliphatic carbocycles. The first-order valence-electron chi connectivity index (χ1n) is 8.28. The maximum absolute atomic E-state index is 12.0. The number of para-hydroxylation sites is 1. The van der Waals surface area contributed by atoms with Crippen LogP contribution in [0.15, 0.2) is 28.8 Å². The number of ether oxygens (including phenoxy) is 1. The SMILES string of the molecule is C[C@H](NC(=O)CCCOc1ccccc1Cl)c1nc(C(C)(C)C)no1. The molecular weight excluding hydrogens is 342 g/mol. The van der Waals surface area contributed by atoms with Gasteiger partial charge in [0.15, 0.2) is 5.82 Å². The summed E-state index contributed by atoms with van der Waals surface area (Å²) in [5.41, 5.74) is -0.193. The van der Waals surface area contributed by atoms with E-state index in [2.05, 4.69) is 15.5 Å². The van der Waals surface area contributed by atoms with Crippen LogP contribution in [0, 0.1) is 0 Å². The molecule has 0 unspecified atom stereocenters. The van der Waals surface area contributed by atoms with Crippen molar-refractivity contribution in [1.29, 1.82) is 0 Å². The highest BCUT2D eigenvalue weighted by atomic mass is 35.5. The van der Waals surface area contributed by atoms with Gasteiger partial charge < -0.3 is 14.6 Å². The summed E-state index contributed by atoms with van der Waals surface area (Å²) in [6.07, 6.45) is 0.926. The highest BCUT2D eigenvalue weighted by Gasteiger charge is 2.23. The van der Waals surface area contributed by atoms with Crippen molar-refractivity contribution in [2.24, 2.45) is 0 Å². The number of nitrogens with zero attached hydrogens (tertiary/aromatic N) is 2. The number of hydrogen-bond acceptors (Lipinski definition) is 5. The molecule has 136 valence electrons. The summed E-state index contributed by atoms with van der Waals surface area (Å²) in [6, 6.07) is 6.92. The number of halogens is 1. The Bertz CT molecular complexity index is 710. The highest BCUT2D eigenvalue weighted by molar-refractivity contribution is 6.32. The van der Waals surface area contributed by atoms with Gasteiger partial charge in [-0.05, 0) is 25.5 Å². The van der Waals surface area contributed by atoms with E-state index in [1.165, 1.54) is 0 Å². The predicted octanol–water partition coefficient (Wildman–Crippen LogP) is 4.06. The molecule has 1 aromatic heterocycles. The number of aromatic nitrogens is 2. The van der Waals surface area contributed by atoms with E-state index in [9.17, 15) is 4.79 Å². The third-order valence-electron chi connectivity index (χ3n) is 3.50. The smallest absolute Gasteiger partial charge is 0.248 e. The van der Waals surface area contributed by atoms with Gasteiger partial charge in [-0.3, -0.25) is 4.79 Å². The van der Waals surface area contributed by atoms with Crippen molar-refractivity contribution in [3.05, 3.63) is 41.0 Å². The molecule has 0 aliphatic rings. The molecule has 0 saturated carbocycles. The van der Waals surface area contributed by atoms with E-state index in [0.717, 1.165) is 0 Å². The van der Waals surface area contributed by atoms with E-state index in [1.807, 2.05) is 39.8 Å². The third kappa shape index (κ3) is 5.74. The van der Waals surface area contributed by atoms with Gasteiger partial charge in [0.2, 0.25) is 11.8 Å². The Hall–Kier alpha value is -2.08. The lowest BCUT2D eigenvalue weighted by Gasteiger charge is -2.12. The van der Waals surface area contributed by atoms with Crippen molar-refractivity contribution in [1.82, 2.24) is 15.5 Å². The van der Waals surface area contributed by atoms with Gasteiger partial charge in [-0.15, -0.1) is 0 Å². The molecular formula is C18H24ClN3O3. The maximum atomic E-state index is 12.0. The van der Waals surface area contributed by atoms with Gasteiger partial charge in [0.1, 0.15) is 11.8 Å². The fourth-order valence-corrected chi connectivity index (χ4v) is 2.26. The van der Waals surface area contributed by atoms with Gasteiger partial charge in [0.05, 0.1) is 11.6 Å². The summed E-state index contributed by atoms with van der Waals surface area (Å²) in [7, 11) is 0. The Kier molecular flexibility index (Phi) is 6.42. The first kappa shape index (κ1) is 19.2. The minimum absolute atomic E-state index is 0.0919. The van der Waals surface area contributed by atoms with E-state index in [-0.39, 0.29) is 17.4 Å². The molecule has 1 amide bonds. The lowest BCUT2D eigenvalue weighted by molar-refractivity contribution is -0.122. The molecule has 7 heteroatoms. The Morgan fingerprint density at radius 1 is 1.36 bits per heavy atom. The molecule has 25 heavy (non-hydrogen) atoms. The second-order valence-corrected chi connectivity index (χ2v) is 7.29. The number of carbonyl (C=O) groups is 1. The lowest BCUT2D eigenvalue weighted by Crippen LogP contribution is -2.27. The van der Waals surface area contributed by atoms with Crippen LogP contribution in [-0.2, 0) is 10.2 Å². The Morgan fingerprint density at radius 2 is 2.08 bits per heavy atom. The first-order valence-corrected chi connectivity index (χ1v) is 8.66. The number of carbonyl (C=O) groups excluding carboxylic acids is 1. The average Bonchev–Trinajstić information content (AvgIpc) is 3.03. The number of benzene rings is 1. The van der Waals surface area contributed by atoms with E-state index >= 15 is 0 Å². The van der Waals surface area contributed by atoms with Crippen molar-refractivity contribution in [3.63, 3.8) is 0 Å². The largest absolute Gasteiger partial charge is 0.492 e. The molecule has 1 heterocycles. The van der Waals surface area contributed by atoms with Gasteiger partial charge in [0.25, 0.3) is 0 Å². The molecule has 1 N–H and O–H groups in total. The zero-order valence-corrected chi connectivity index (χ0v) is 15.8. The molecule has 0 aliphatic heterocycles. The van der Waals surface area contributed by atoms with E-state index in [4.69, 9.17) is 20.9 Å². The van der Waals surface area contributed by atoms with Crippen LogP contribution in [-0.4, -0.2) is 22.7 Å². The Balaban J connectivity index is 1.74. The minimum atomic E-state index is -0.333.